The molecule has 1 aromatic heterocycles. The molecule has 0 aliphatic rings. The van der Waals surface area contributed by atoms with Crippen molar-refractivity contribution in [2.45, 2.75) is 84.6 Å². The third-order valence-electron chi connectivity index (χ3n) is 4.15. The molecule has 0 saturated carbocycles. The molecule has 0 bridgehead atoms. The van der Waals surface area contributed by atoms with Crippen molar-refractivity contribution in [3.63, 3.8) is 0 Å². The lowest BCUT2D eigenvalue weighted by atomic mass is 10.1. The Morgan fingerprint density at radius 2 is 1.40 bits per heavy atom. The average molecular weight is 392 g/mol. The summed E-state index contributed by atoms with van der Waals surface area (Å²) in [4.78, 5) is 0. The highest BCUT2D eigenvalue weighted by molar-refractivity contribution is 4.78. The molecular weight excluding hydrogens is 359 g/mol. The SMILES string of the molecule is CCCCCCCCCCCCn1cc[n+](C)c1C.[I-]. The Labute approximate surface area is 143 Å². The third kappa shape index (κ3) is 8.28. The zero-order valence-corrected chi connectivity index (χ0v) is 15.9. The summed E-state index contributed by atoms with van der Waals surface area (Å²) in [6.07, 6.45) is 18.5. The van der Waals surface area contributed by atoms with E-state index in [1.807, 2.05) is 0 Å². The highest BCUT2D eigenvalue weighted by Crippen LogP contribution is 2.11. The first kappa shape index (κ1) is 19.9. The molecule has 1 heterocycles. The minimum atomic E-state index is 0. The summed E-state index contributed by atoms with van der Waals surface area (Å²) in [5.74, 6) is 1.36. The van der Waals surface area contributed by atoms with E-state index in [2.05, 4.69) is 42.4 Å². The number of hydrogen-bond donors (Lipinski definition) is 0. The lowest BCUT2D eigenvalue weighted by molar-refractivity contribution is -0.677. The van der Waals surface area contributed by atoms with Crippen LogP contribution in [0.25, 0.3) is 0 Å². The molecular formula is C17H33IN2. The van der Waals surface area contributed by atoms with Gasteiger partial charge in [0.15, 0.2) is 0 Å². The van der Waals surface area contributed by atoms with Gasteiger partial charge in [-0.2, -0.15) is 0 Å². The maximum absolute atomic E-state index is 2.37. The molecule has 0 spiro atoms. The quantitative estimate of drug-likeness (QED) is 0.307. The van der Waals surface area contributed by atoms with E-state index in [1.165, 1.54) is 76.6 Å². The van der Waals surface area contributed by atoms with Crippen LogP contribution in [0.15, 0.2) is 12.4 Å². The summed E-state index contributed by atoms with van der Waals surface area (Å²) in [6.45, 7) is 5.66. The molecule has 1 aromatic rings. The molecule has 0 aliphatic carbocycles. The second kappa shape index (κ2) is 12.7. The highest BCUT2D eigenvalue weighted by Gasteiger charge is 2.07. The van der Waals surface area contributed by atoms with Crippen molar-refractivity contribution < 1.29 is 28.5 Å². The van der Waals surface area contributed by atoms with Crippen molar-refractivity contribution in [1.82, 2.24) is 4.57 Å². The summed E-state index contributed by atoms with van der Waals surface area (Å²) in [5, 5.41) is 0. The van der Waals surface area contributed by atoms with E-state index < -0.39 is 0 Å². The maximum atomic E-state index is 2.37. The molecule has 0 aromatic carbocycles. The van der Waals surface area contributed by atoms with E-state index in [9.17, 15) is 0 Å². The Bertz CT molecular complexity index is 334. The molecule has 0 fully saturated rings. The fourth-order valence-corrected chi connectivity index (χ4v) is 2.60. The lowest BCUT2D eigenvalue weighted by Crippen LogP contribution is -3.00. The van der Waals surface area contributed by atoms with Gasteiger partial charge in [0.2, 0.25) is 0 Å². The van der Waals surface area contributed by atoms with Gasteiger partial charge in [0, 0.05) is 6.92 Å². The Hall–Kier alpha value is -0.0600. The summed E-state index contributed by atoms with van der Waals surface area (Å²) in [5.41, 5.74) is 0. The van der Waals surface area contributed by atoms with Gasteiger partial charge in [-0.15, -0.1) is 0 Å². The Balaban J connectivity index is 0.00000361. The average Bonchev–Trinajstić information content (AvgIpc) is 2.73. The maximum Gasteiger partial charge on any atom is 0.253 e. The van der Waals surface area contributed by atoms with Crippen LogP contribution in [0.2, 0.25) is 0 Å². The molecule has 0 radical (unpaired) electrons. The minimum Gasteiger partial charge on any atom is -1.00 e. The van der Waals surface area contributed by atoms with Crippen LogP contribution in [0, 0.1) is 6.92 Å². The first-order chi connectivity index (χ1) is 9.25. The molecule has 3 heteroatoms. The minimum absolute atomic E-state index is 0. The summed E-state index contributed by atoms with van der Waals surface area (Å²) in [6, 6.07) is 0. The Morgan fingerprint density at radius 1 is 0.900 bits per heavy atom. The van der Waals surface area contributed by atoms with Crippen LogP contribution in [0.5, 0.6) is 0 Å². The van der Waals surface area contributed by atoms with Crippen LogP contribution in [0.3, 0.4) is 0 Å². The van der Waals surface area contributed by atoms with Crippen LogP contribution in [-0.2, 0) is 13.6 Å². The zero-order chi connectivity index (χ0) is 13.9. The number of imidazole rings is 1. The Morgan fingerprint density at radius 3 is 1.85 bits per heavy atom. The first-order valence-electron chi connectivity index (χ1n) is 8.27. The highest BCUT2D eigenvalue weighted by atomic mass is 127. The largest absolute Gasteiger partial charge is 1.00 e. The lowest BCUT2D eigenvalue weighted by Gasteiger charge is -2.02. The van der Waals surface area contributed by atoms with Crippen molar-refractivity contribution in [3.8, 4) is 0 Å². The molecule has 118 valence electrons. The van der Waals surface area contributed by atoms with Crippen molar-refractivity contribution in [3.05, 3.63) is 18.2 Å². The monoisotopic (exact) mass is 392 g/mol. The fourth-order valence-electron chi connectivity index (χ4n) is 2.60. The van der Waals surface area contributed by atoms with E-state index in [0.717, 1.165) is 0 Å². The predicted molar refractivity (Wildman–Crippen MR) is 82.2 cm³/mol. The van der Waals surface area contributed by atoms with E-state index >= 15 is 0 Å². The van der Waals surface area contributed by atoms with Gasteiger partial charge >= 0.3 is 0 Å². The molecule has 2 nitrogen and oxygen atoms in total. The second-order valence-corrected chi connectivity index (χ2v) is 5.83. The molecule has 0 aliphatic heterocycles. The van der Waals surface area contributed by atoms with Crippen molar-refractivity contribution in [2.75, 3.05) is 0 Å². The standard InChI is InChI=1S/C17H33N2.HI/c1-4-5-6-7-8-9-10-11-12-13-14-19-16-15-18(3)17(19)2;/h15-16H,4-14H2,1-3H3;1H/q+1;/p-1. The molecule has 1 rings (SSSR count). The molecule has 0 unspecified atom stereocenters. The normalized spacial score (nSPS) is 10.6. The number of aromatic nitrogens is 2. The van der Waals surface area contributed by atoms with Crippen LogP contribution in [-0.4, -0.2) is 4.57 Å². The predicted octanol–water partition coefficient (Wildman–Crippen LogP) is 1.55. The van der Waals surface area contributed by atoms with Gasteiger partial charge in [-0.1, -0.05) is 58.3 Å². The fraction of sp³-hybridized carbons (Fsp3) is 0.824. The van der Waals surface area contributed by atoms with E-state index in [4.69, 9.17) is 0 Å². The number of aryl methyl sites for hydroxylation is 2. The molecule has 0 N–H and O–H groups in total. The second-order valence-electron chi connectivity index (χ2n) is 5.83. The van der Waals surface area contributed by atoms with Crippen LogP contribution < -0.4 is 28.5 Å². The number of halogens is 1. The van der Waals surface area contributed by atoms with Gasteiger partial charge < -0.3 is 24.0 Å². The molecule has 0 atom stereocenters. The number of rotatable bonds is 11. The zero-order valence-electron chi connectivity index (χ0n) is 13.7. The van der Waals surface area contributed by atoms with E-state index in [-0.39, 0.29) is 24.0 Å². The number of unbranched alkanes of at least 4 members (excludes halogenated alkanes) is 9. The van der Waals surface area contributed by atoms with Gasteiger partial charge in [-0.05, 0) is 12.8 Å². The van der Waals surface area contributed by atoms with Gasteiger partial charge in [0.05, 0.1) is 13.6 Å². The van der Waals surface area contributed by atoms with Crippen LogP contribution in [0.4, 0.5) is 0 Å². The van der Waals surface area contributed by atoms with Gasteiger partial charge in [0.1, 0.15) is 12.4 Å². The van der Waals surface area contributed by atoms with Gasteiger partial charge in [0.25, 0.3) is 5.82 Å². The van der Waals surface area contributed by atoms with Crippen LogP contribution >= 0.6 is 0 Å². The molecule has 0 amide bonds. The number of hydrogen-bond acceptors (Lipinski definition) is 0. The topological polar surface area (TPSA) is 8.81 Å². The van der Waals surface area contributed by atoms with Crippen LogP contribution in [0.1, 0.15) is 77.0 Å². The smallest absolute Gasteiger partial charge is 0.253 e. The number of nitrogens with zero attached hydrogens (tertiary/aromatic N) is 2. The summed E-state index contributed by atoms with van der Waals surface area (Å²) < 4.78 is 4.56. The summed E-state index contributed by atoms with van der Waals surface area (Å²) in [7, 11) is 2.12. The van der Waals surface area contributed by atoms with Crippen molar-refractivity contribution in [1.29, 1.82) is 0 Å². The van der Waals surface area contributed by atoms with Crippen molar-refractivity contribution in [2.24, 2.45) is 7.05 Å². The van der Waals surface area contributed by atoms with E-state index in [1.54, 1.807) is 0 Å². The van der Waals surface area contributed by atoms with Crippen molar-refractivity contribution >= 4 is 0 Å². The summed E-state index contributed by atoms with van der Waals surface area (Å²) >= 11 is 0. The third-order valence-corrected chi connectivity index (χ3v) is 4.15. The van der Waals surface area contributed by atoms with E-state index in [0.29, 0.717) is 0 Å². The molecule has 20 heavy (non-hydrogen) atoms. The van der Waals surface area contributed by atoms with Gasteiger partial charge in [-0.3, -0.25) is 0 Å². The molecule has 0 saturated heterocycles. The first-order valence-corrected chi connectivity index (χ1v) is 8.27. The van der Waals surface area contributed by atoms with Gasteiger partial charge in [-0.25, -0.2) is 9.13 Å². The Kier molecular flexibility index (Phi) is 12.6.